The normalized spacial score (nSPS) is 10.7. The first kappa shape index (κ1) is 23.2. The molecule has 1 amide bonds. The molecule has 0 aliphatic carbocycles. The predicted molar refractivity (Wildman–Crippen MR) is 122 cm³/mol. The van der Waals surface area contributed by atoms with Gasteiger partial charge in [0.25, 0.3) is 0 Å². The number of anilines is 1. The molecule has 6 nitrogen and oxygen atoms in total. The van der Waals surface area contributed by atoms with E-state index in [1.54, 1.807) is 6.07 Å². The number of hydrogen-bond donors (Lipinski definition) is 3. The largest absolute Gasteiger partial charge is 0.357 e. The fraction of sp³-hybridized carbons (Fsp3) is 0.316. The Hall–Kier alpha value is -1.87. The molecular weight excluding hydrogens is 477 g/mol. The molecule has 27 heavy (non-hydrogen) atoms. The molecule has 1 aromatic carbocycles. The summed E-state index contributed by atoms with van der Waals surface area (Å²) < 4.78 is 0. The first-order valence-corrected chi connectivity index (χ1v) is 8.94. The van der Waals surface area contributed by atoms with Gasteiger partial charge in [-0.15, -0.1) is 24.0 Å². The van der Waals surface area contributed by atoms with Crippen molar-refractivity contribution in [2.45, 2.75) is 26.8 Å². The van der Waals surface area contributed by atoms with Crippen LogP contribution in [-0.4, -0.2) is 29.9 Å². The number of carbonyl (C=O) groups is 1. The van der Waals surface area contributed by atoms with E-state index in [4.69, 9.17) is 11.6 Å². The van der Waals surface area contributed by atoms with E-state index in [0.717, 1.165) is 17.8 Å². The number of pyridine rings is 1. The average molecular weight is 502 g/mol. The number of carbonyl (C=O) groups excluding carboxylic acids is 1. The number of nitrogens with zero attached hydrogens (tertiary/aromatic N) is 2. The maximum absolute atomic E-state index is 12.0. The van der Waals surface area contributed by atoms with Gasteiger partial charge < -0.3 is 16.0 Å². The minimum atomic E-state index is -0.0934. The maximum atomic E-state index is 12.0. The molecule has 0 aliphatic rings. The Balaban J connectivity index is 0.00000364. The molecule has 3 N–H and O–H groups in total. The Morgan fingerprint density at radius 3 is 2.56 bits per heavy atom. The quantitative estimate of drug-likeness (QED) is 0.307. The highest BCUT2D eigenvalue weighted by molar-refractivity contribution is 14.0. The maximum Gasteiger partial charge on any atom is 0.227 e. The molecule has 0 unspecified atom stereocenters. The van der Waals surface area contributed by atoms with Gasteiger partial charge in [0.05, 0.1) is 6.54 Å². The van der Waals surface area contributed by atoms with Crippen LogP contribution in [0.4, 0.5) is 5.82 Å². The second kappa shape index (κ2) is 12.5. The molecule has 2 rings (SSSR count). The van der Waals surface area contributed by atoms with Gasteiger partial charge in [-0.1, -0.05) is 29.8 Å². The van der Waals surface area contributed by atoms with E-state index in [0.29, 0.717) is 36.3 Å². The zero-order valence-electron chi connectivity index (χ0n) is 15.5. The summed E-state index contributed by atoms with van der Waals surface area (Å²) in [5.41, 5.74) is 1.93. The molecule has 1 heterocycles. The number of guanidine groups is 1. The highest BCUT2D eigenvalue weighted by Crippen LogP contribution is 2.10. The van der Waals surface area contributed by atoms with E-state index < -0.39 is 0 Å². The van der Waals surface area contributed by atoms with Crippen LogP contribution in [-0.2, 0) is 11.3 Å². The Morgan fingerprint density at radius 2 is 1.89 bits per heavy atom. The molecule has 0 saturated heterocycles. The summed E-state index contributed by atoms with van der Waals surface area (Å²) >= 11 is 5.89. The van der Waals surface area contributed by atoms with E-state index in [1.165, 1.54) is 0 Å². The number of amides is 1. The van der Waals surface area contributed by atoms with Crippen LogP contribution in [0.3, 0.4) is 0 Å². The highest BCUT2D eigenvalue weighted by atomic mass is 127. The molecule has 0 bridgehead atoms. The van der Waals surface area contributed by atoms with Crippen LogP contribution in [0.1, 0.15) is 24.6 Å². The highest BCUT2D eigenvalue weighted by Gasteiger charge is 2.04. The minimum absolute atomic E-state index is 0. The second-order valence-corrected chi connectivity index (χ2v) is 6.15. The fourth-order valence-corrected chi connectivity index (χ4v) is 2.34. The third kappa shape index (κ3) is 9.05. The monoisotopic (exact) mass is 501 g/mol. The molecule has 2 aromatic rings. The lowest BCUT2D eigenvalue weighted by molar-refractivity contribution is -0.116. The first-order chi connectivity index (χ1) is 12.6. The number of aromatic nitrogens is 1. The van der Waals surface area contributed by atoms with Crippen molar-refractivity contribution >= 4 is 53.3 Å². The summed E-state index contributed by atoms with van der Waals surface area (Å²) in [4.78, 5) is 20.8. The molecule has 8 heteroatoms. The molecule has 0 aliphatic heterocycles. The standard InChI is InChI=1S/C19H24ClN5O.HI/c1-3-21-19(23-13-15-7-9-16(20)10-8-15)22-12-11-18(26)25-17-6-4-5-14(2)24-17;/h4-10H,3,11-13H2,1-2H3,(H2,21,22,23)(H,24,25,26);1H. The number of rotatable bonds is 7. The van der Waals surface area contributed by atoms with Crippen molar-refractivity contribution < 1.29 is 4.79 Å². The SMILES string of the molecule is CCNC(=NCc1ccc(Cl)cc1)NCCC(=O)Nc1cccc(C)n1.I. The van der Waals surface area contributed by atoms with Gasteiger partial charge in [0.1, 0.15) is 5.82 Å². The average Bonchev–Trinajstić information content (AvgIpc) is 2.61. The van der Waals surface area contributed by atoms with Crippen molar-refractivity contribution in [3.63, 3.8) is 0 Å². The number of benzene rings is 1. The number of aliphatic imine (C=N–C) groups is 1. The van der Waals surface area contributed by atoms with Crippen molar-refractivity contribution in [3.05, 3.63) is 58.7 Å². The summed E-state index contributed by atoms with van der Waals surface area (Å²) in [7, 11) is 0. The molecule has 0 saturated carbocycles. The predicted octanol–water partition coefficient (Wildman–Crippen LogP) is 3.75. The van der Waals surface area contributed by atoms with E-state index in [2.05, 4.69) is 25.9 Å². The van der Waals surface area contributed by atoms with E-state index in [9.17, 15) is 4.79 Å². The topological polar surface area (TPSA) is 78.4 Å². The van der Waals surface area contributed by atoms with Crippen LogP contribution in [0.2, 0.25) is 5.02 Å². The Morgan fingerprint density at radius 1 is 1.15 bits per heavy atom. The van der Waals surface area contributed by atoms with Crippen molar-refractivity contribution in [2.75, 3.05) is 18.4 Å². The Kier molecular flexibility index (Phi) is 10.7. The fourth-order valence-electron chi connectivity index (χ4n) is 2.21. The molecular formula is C19H25ClIN5O. The number of halogens is 2. The molecule has 0 radical (unpaired) electrons. The van der Waals surface area contributed by atoms with Gasteiger partial charge >= 0.3 is 0 Å². The van der Waals surface area contributed by atoms with E-state index in [-0.39, 0.29) is 29.9 Å². The third-order valence-corrected chi connectivity index (χ3v) is 3.73. The van der Waals surface area contributed by atoms with Crippen molar-refractivity contribution in [2.24, 2.45) is 4.99 Å². The second-order valence-electron chi connectivity index (χ2n) is 5.71. The van der Waals surface area contributed by atoms with Gasteiger partial charge in [-0.2, -0.15) is 0 Å². The summed E-state index contributed by atoms with van der Waals surface area (Å²) in [6, 6.07) is 13.1. The van der Waals surface area contributed by atoms with E-state index in [1.807, 2.05) is 50.2 Å². The number of aryl methyl sites for hydroxylation is 1. The smallest absolute Gasteiger partial charge is 0.227 e. The van der Waals surface area contributed by atoms with Gasteiger partial charge in [0, 0.05) is 30.2 Å². The van der Waals surface area contributed by atoms with Crippen molar-refractivity contribution in [1.29, 1.82) is 0 Å². The zero-order chi connectivity index (χ0) is 18.8. The van der Waals surface area contributed by atoms with Crippen molar-refractivity contribution in [1.82, 2.24) is 15.6 Å². The summed E-state index contributed by atoms with van der Waals surface area (Å²) in [6.07, 6.45) is 0.320. The lowest BCUT2D eigenvalue weighted by atomic mass is 10.2. The van der Waals surface area contributed by atoms with Gasteiger partial charge in [0.15, 0.2) is 5.96 Å². The summed E-state index contributed by atoms with van der Waals surface area (Å²) in [6.45, 7) is 5.63. The summed E-state index contributed by atoms with van der Waals surface area (Å²) in [5.74, 6) is 1.14. The van der Waals surface area contributed by atoms with Crippen molar-refractivity contribution in [3.8, 4) is 0 Å². The number of nitrogens with one attached hydrogen (secondary N) is 3. The van der Waals surface area contributed by atoms with Crippen LogP contribution in [0.5, 0.6) is 0 Å². The lowest BCUT2D eigenvalue weighted by Crippen LogP contribution is -2.38. The van der Waals surface area contributed by atoms with Crippen LogP contribution < -0.4 is 16.0 Å². The Labute approximate surface area is 182 Å². The van der Waals surface area contributed by atoms with Gasteiger partial charge in [-0.05, 0) is 43.7 Å². The lowest BCUT2D eigenvalue weighted by Gasteiger charge is -2.11. The zero-order valence-corrected chi connectivity index (χ0v) is 18.5. The first-order valence-electron chi connectivity index (χ1n) is 8.57. The van der Waals surface area contributed by atoms with Gasteiger partial charge in [-0.25, -0.2) is 9.98 Å². The van der Waals surface area contributed by atoms with Crippen LogP contribution in [0.15, 0.2) is 47.5 Å². The van der Waals surface area contributed by atoms with Gasteiger partial charge in [-0.3, -0.25) is 4.79 Å². The molecule has 0 spiro atoms. The van der Waals surface area contributed by atoms with Gasteiger partial charge in [0.2, 0.25) is 5.91 Å². The molecule has 0 atom stereocenters. The van der Waals surface area contributed by atoms with Crippen LogP contribution in [0, 0.1) is 6.92 Å². The number of hydrogen-bond acceptors (Lipinski definition) is 3. The molecule has 0 fully saturated rings. The molecule has 146 valence electrons. The van der Waals surface area contributed by atoms with E-state index >= 15 is 0 Å². The minimum Gasteiger partial charge on any atom is -0.357 e. The third-order valence-electron chi connectivity index (χ3n) is 3.48. The van der Waals surface area contributed by atoms with Crippen LogP contribution in [0.25, 0.3) is 0 Å². The summed E-state index contributed by atoms with van der Waals surface area (Å²) in [5, 5.41) is 9.82. The Bertz CT molecular complexity index is 752. The molecule has 1 aromatic heterocycles. The van der Waals surface area contributed by atoms with Crippen LogP contribution >= 0.6 is 35.6 Å².